The number of aromatic nitrogens is 6. The van der Waals surface area contributed by atoms with Gasteiger partial charge in [0.05, 0.1) is 32.6 Å². The molecule has 7 nitrogen and oxygen atoms in total. The molecule has 0 unspecified atom stereocenters. The number of imidazole rings is 2. The van der Waals surface area contributed by atoms with Gasteiger partial charge in [0.15, 0.2) is 0 Å². The lowest BCUT2D eigenvalue weighted by atomic mass is 10.0. The van der Waals surface area contributed by atoms with Crippen molar-refractivity contribution >= 4 is 54.3 Å². The van der Waals surface area contributed by atoms with Gasteiger partial charge in [0, 0.05) is 45.9 Å². The summed E-state index contributed by atoms with van der Waals surface area (Å²) in [6.45, 7) is 6.92. The number of ether oxygens (including phenoxy) is 1. The number of nitrogens with one attached hydrogen (secondary N) is 2. The van der Waals surface area contributed by atoms with Gasteiger partial charge < -0.3 is 14.7 Å². The highest BCUT2D eigenvalue weighted by Gasteiger charge is 2.25. The van der Waals surface area contributed by atoms with Crippen molar-refractivity contribution in [3.05, 3.63) is 66.1 Å². The van der Waals surface area contributed by atoms with Crippen LogP contribution in [0.15, 0.2) is 48.8 Å². The molecule has 0 fully saturated rings. The number of aromatic amines is 2. The van der Waals surface area contributed by atoms with Gasteiger partial charge >= 0.3 is 0 Å². The van der Waals surface area contributed by atoms with Crippen molar-refractivity contribution in [2.45, 2.75) is 39.7 Å². The van der Waals surface area contributed by atoms with E-state index in [1.165, 1.54) is 10.3 Å². The number of hydrogen-bond acceptors (Lipinski definition) is 6. The number of H-pyrrole nitrogens is 2. The van der Waals surface area contributed by atoms with Crippen LogP contribution in [0.2, 0.25) is 0 Å². The minimum absolute atomic E-state index is 0.339. The molecule has 1 aliphatic heterocycles. The van der Waals surface area contributed by atoms with E-state index < -0.39 is 0 Å². The van der Waals surface area contributed by atoms with Crippen LogP contribution in [0.25, 0.3) is 64.6 Å². The maximum Gasteiger partial charge on any atom is 0.147 e. The van der Waals surface area contributed by atoms with E-state index in [4.69, 9.17) is 19.7 Å². The first-order valence-corrected chi connectivity index (χ1v) is 13.7. The predicted octanol–water partition coefficient (Wildman–Crippen LogP) is 7.51. The van der Waals surface area contributed by atoms with Crippen molar-refractivity contribution < 1.29 is 4.74 Å². The molecule has 3 aromatic carbocycles. The Kier molecular flexibility index (Phi) is 4.49. The van der Waals surface area contributed by atoms with E-state index in [1.807, 2.05) is 0 Å². The Morgan fingerprint density at radius 3 is 2.66 bits per heavy atom. The van der Waals surface area contributed by atoms with Crippen LogP contribution in [-0.4, -0.2) is 29.9 Å². The first kappa shape index (κ1) is 21.8. The van der Waals surface area contributed by atoms with E-state index in [2.05, 4.69) is 72.1 Å². The third-order valence-electron chi connectivity index (χ3n) is 7.44. The van der Waals surface area contributed by atoms with E-state index in [1.54, 1.807) is 23.7 Å². The monoisotopic (exact) mass is 516 g/mol. The van der Waals surface area contributed by atoms with Crippen LogP contribution >= 0.6 is 11.3 Å². The summed E-state index contributed by atoms with van der Waals surface area (Å²) in [5, 5.41) is 3.32. The van der Waals surface area contributed by atoms with E-state index in [9.17, 15) is 0 Å². The summed E-state index contributed by atoms with van der Waals surface area (Å²) in [5.74, 6) is 3.22. The normalized spacial score (nSPS) is 13.1. The number of hydrogen-bond donors (Lipinski definition) is 2. The van der Waals surface area contributed by atoms with Crippen LogP contribution in [0, 0.1) is 0 Å². The second-order valence-corrected chi connectivity index (χ2v) is 11.2. The molecule has 4 aromatic heterocycles. The van der Waals surface area contributed by atoms with Crippen LogP contribution in [0.4, 0.5) is 0 Å². The van der Waals surface area contributed by atoms with Crippen LogP contribution in [0.1, 0.15) is 44.0 Å². The lowest BCUT2D eigenvalue weighted by Gasteiger charge is -2.17. The maximum atomic E-state index is 6.30. The molecule has 0 saturated carbocycles. The van der Waals surface area contributed by atoms with E-state index in [0.717, 1.165) is 83.9 Å². The summed E-state index contributed by atoms with van der Waals surface area (Å²) in [6.07, 6.45) is 4.34. The van der Waals surface area contributed by atoms with Gasteiger partial charge in [-0.3, -0.25) is 9.97 Å². The number of thiophene rings is 1. The summed E-state index contributed by atoms with van der Waals surface area (Å²) in [4.78, 5) is 27.3. The largest absolute Gasteiger partial charge is 0.485 e. The zero-order valence-electron chi connectivity index (χ0n) is 21.2. The Bertz CT molecular complexity index is 2060. The van der Waals surface area contributed by atoms with Crippen molar-refractivity contribution in [3.8, 4) is 27.4 Å². The molecule has 38 heavy (non-hydrogen) atoms. The molecular weight excluding hydrogens is 492 g/mol. The molecule has 0 bridgehead atoms. The predicted molar refractivity (Wildman–Crippen MR) is 153 cm³/mol. The van der Waals surface area contributed by atoms with Crippen molar-refractivity contribution in [2.75, 3.05) is 0 Å². The van der Waals surface area contributed by atoms with Crippen molar-refractivity contribution in [1.82, 2.24) is 29.9 Å². The minimum Gasteiger partial charge on any atom is -0.485 e. The summed E-state index contributed by atoms with van der Waals surface area (Å²) in [5.41, 5.74) is 7.91. The number of fused-ring (bicyclic) bond motifs is 11. The SMILES string of the molecule is CCc1nc2c3ccc(-c4cc5ccc6c(c5s4)OCc4[nH]c(C(C)C)nc4-6)cc3c3nccnc3c2[nH]1. The standard InChI is InChI=1S/C30H24N6OS/c1-4-22-34-25-17-7-5-15(11-19(17)24-26(27(25)35-22)32-10-9-31-24)21-12-16-6-8-18-23-20(33-30(36-23)14(2)3)13-37-28(18)29(16)38-21/h5-12,14H,4,13H2,1-3H3,(H,33,36)(H,34,35). The van der Waals surface area contributed by atoms with Gasteiger partial charge in [-0.1, -0.05) is 39.0 Å². The Hall–Kier alpha value is -4.30. The Morgan fingerprint density at radius 2 is 1.82 bits per heavy atom. The molecule has 0 atom stereocenters. The van der Waals surface area contributed by atoms with Crippen LogP contribution < -0.4 is 4.74 Å². The first-order valence-electron chi connectivity index (χ1n) is 12.9. The highest BCUT2D eigenvalue weighted by atomic mass is 32.1. The molecule has 186 valence electrons. The fourth-order valence-corrected chi connectivity index (χ4v) is 6.66. The van der Waals surface area contributed by atoms with Crippen molar-refractivity contribution in [3.63, 3.8) is 0 Å². The van der Waals surface area contributed by atoms with Crippen LogP contribution in [0.5, 0.6) is 5.75 Å². The maximum absolute atomic E-state index is 6.30. The lowest BCUT2D eigenvalue weighted by molar-refractivity contribution is 0.302. The zero-order valence-corrected chi connectivity index (χ0v) is 22.0. The highest BCUT2D eigenvalue weighted by Crippen LogP contribution is 2.47. The molecule has 7 aromatic rings. The fraction of sp³-hybridized carbons (Fsp3) is 0.200. The molecule has 0 aliphatic carbocycles. The van der Waals surface area contributed by atoms with Crippen LogP contribution in [0.3, 0.4) is 0 Å². The van der Waals surface area contributed by atoms with Gasteiger partial charge in [-0.25, -0.2) is 9.97 Å². The molecule has 8 rings (SSSR count). The van der Waals surface area contributed by atoms with E-state index in [0.29, 0.717) is 12.5 Å². The lowest BCUT2D eigenvalue weighted by Crippen LogP contribution is -2.05. The molecule has 8 heteroatoms. The van der Waals surface area contributed by atoms with E-state index >= 15 is 0 Å². The number of benzene rings is 3. The molecule has 0 amide bonds. The van der Waals surface area contributed by atoms with Gasteiger partial charge in [0.25, 0.3) is 0 Å². The number of nitrogens with zero attached hydrogens (tertiary/aromatic N) is 4. The van der Waals surface area contributed by atoms with Crippen molar-refractivity contribution in [2.24, 2.45) is 0 Å². The fourth-order valence-electron chi connectivity index (χ4n) is 5.50. The number of aryl methyl sites for hydroxylation is 1. The Morgan fingerprint density at radius 1 is 0.947 bits per heavy atom. The van der Waals surface area contributed by atoms with Crippen molar-refractivity contribution in [1.29, 1.82) is 0 Å². The Balaban J connectivity index is 1.32. The van der Waals surface area contributed by atoms with Gasteiger partial charge in [0.1, 0.15) is 29.5 Å². The minimum atomic E-state index is 0.339. The summed E-state index contributed by atoms with van der Waals surface area (Å²) in [7, 11) is 0. The Labute approximate surface area is 222 Å². The van der Waals surface area contributed by atoms with Crippen LogP contribution in [-0.2, 0) is 13.0 Å². The average molecular weight is 517 g/mol. The van der Waals surface area contributed by atoms with Gasteiger partial charge in [-0.2, -0.15) is 0 Å². The van der Waals surface area contributed by atoms with Gasteiger partial charge in [0.2, 0.25) is 0 Å². The topological polar surface area (TPSA) is 92.4 Å². The quantitative estimate of drug-likeness (QED) is 0.237. The van der Waals surface area contributed by atoms with Gasteiger partial charge in [-0.05, 0) is 29.1 Å². The molecule has 0 saturated heterocycles. The number of rotatable bonds is 3. The second-order valence-electron chi connectivity index (χ2n) is 10.1. The molecule has 5 heterocycles. The summed E-state index contributed by atoms with van der Waals surface area (Å²) < 4.78 is 7.45. The summed E-state index contributed by atoms with van der Waals surface area (Å²) in [6, 6.07) is 13.1. The average Bonchev–Trinajstić information content (AvgIpc) is 3.69. The third-order valence-corrected chi connectivity index (χ3v) is 8.64. The van der Waals surface area contributed by atoms with E-state index in [-0.39, 0.29) is 0 Å². The first-order chi connectivity index (χ1) is 18.6. The molecule has 0 radical (unpaired) electrons. The molecule has 2 N–H and O–H groups in total. The zero-order chi connectivity index (χ0) is 25.5. The highest BCUT2D eigenvalue weighted by molar-refractivity contribution is 7.22. The molecule has 1 aliphatic rings. The summed E-state index contributed by atoms with van der Waals surface area (Å²) >= 11 is 1.76. The van der Waals surface area contributed by atoms with Gasteiger partial charge in [-0.15, -0.1) is 11.3 Å². The smallest absolute Gasteiger partial charge is 0.147 e. The molecule has 0 spiro atoms. The third kappa shape index (κ3) is 3.01. The second kappa shape index (κ2) is 7.85. The molecular formula is C30H24N6OS.